The average Bonchev–Trinajstić information content (AvgIpc) is 3.09. The Labute approximate surface area is 125 Å². The lowest BCUT2D eigenvalue weighted by atomic mass is 10.2. The number of carbonyl (C=O) groups is 1. The third-order valence-corrected chi connectivity index (χ3v) is 4.77. The Balaban J connectivity index is 2.28. The van der Waals surface area contributed by atoms with Crippen molar-refractivity contribution in [3.63, 3.8) is 0 Å². The molecule has 1 aromatic rings. The molecule has 0 saturated heterocycles. The predicted molar refractivity (Wildman–Crippen MR) is 76.9 cm³/mol. The lowest BCUT2D eigenvalue weighted by Crippen LogP contribution is -2.28. The van der Waals surface area contributed by atoms with E-state index >= 15 is 0 Å². The molecule has 2 rings (SSSR count). The molecular weight excluding hydrogens is 354 g/mol. The quantitative estimate of drug-likeness (QED) is 0.770. The second kappa shape index (κ2) is 5.42. The highest BCUT2D eigenvalue weighted by molar-refractivity contribution is 9.10. The highest BCUT2D eigenvalue weighted by Gasteiger charge is 2.26. The van der Waals surface area contributed by atoms with Crippen LogP contribution in [0.1, 0.15) is 23.2 Å². The van der Waals surface area contributed by atoms with Gasteiger partial charge in [-0.15, -0.1) is 0 Å². The van der Waals surface area contributed by atoms with E-state index in [0.29, 0.717) is 22.5 Å². The van der Waals surface area contributed by atoms with Crippen molar-refractivity contribution in [1.29, 1.82) is 0 Å². The van der Waals surface area contributed by atoms with Gasteiger partial charge in [-0.3, -0.25) is 4.79 Å². The zero-order chi connectivity index (χ0) is 14.2. The van der Waals surface area contributed by atoms with E-state index in [-0.39, 0.29) is 10.8 Å². The van der Waals surface area contributed by atoms with Crippen LogP contribution >= 0.6 is 26.6 Å². The lowest BCUT2D eigenvalue weighted by Gasteiger charge is -2.17. The maximum Gasteiger partial charge on any atom is 0.261 e. The van der Waals surface area contributed by atoms with E-state index in [9.17, 15) is 13.2 Å². The van der Waals surface area contributed by atoms with Gasteiger partial charge in [0.15, 0.2) is 0 Å². The Morgan fingerprint density at radius 1 is 1.42 bits per heavy atom. The van der Waals surface area contributed by atoms with Gasteiger partial charge in [0.25, 0.3) is 15.0 Å². The molecule has 0 radical (unpaired) electrons. The van der Waals surface area contributed by atoms with Crippen molar-refractivity contribution < 1.29 is 13.2 Å². The number of hydrogen-bond acceptors (Lipinski definition) is 3. The number of amides is 1. The Hall–Kier alpha value is -0.590. The fraction of sp³-hybridized carbons (Fsp3) is 0.417. The Bertz CT molecular complexity index is 613. The highest BCUT2D eigenvalue weighted by Crippen LogP contribution is 2.30. The van der Waals surface area contributed by atoms with Gasteiger partial charge in [0.1, 0.15) is 0 Å². The normalized spacial score (nSPS) is 15.3. The number of carbonyl (C=O) groups excluding carboxylic acids is 1. The van der Waals surface area contributed by atoms with E-state index in [1.165, 1.54) is 12.1 Å². The van der Waals surface area contributed by atoms with Gasteiger partial charge < -0.3 is 4.90 Å². The molecule has 0 spiro atoms. The third-order valence-electron chi connectivity index (χ3n) is 2.98. The van der Waals surface area contributed by atoms with E-state index in [1.807, 2.05) is 0 Å². The highest BCUT2D eigenvalue weighted by atomic mass is 79.9. The van der Waals surface area contributed by atoms with Gasteiger partial charge in [-0.1, -0.05) is 15.9 Å². The first kappa shape index (κ1) is 14.8. The Kier molecular flexibility index (Phi) is 4.23. The number of halogens is 2. The molecule has 4 nitrogen and oxygen atoms in total. The maximum absolute atomic E-state index is 12.2. The summed E-state index contributed by atoms with van der Waals surface area (Å²) in [5.74, 6) is 0.382. The third kappa shape index (κ3) is 3.94. The van der Waals surface area contributed by atoms with Gasteiger partial charge in [-0.05, 0) is 37.0 Å². The molecule has 1 fully saturated rings. The van der Waals surface area contributed by atoms with Crippen LogP contribution in [0.15, 0.2) is 27.6 Å². The molecule has 19 heavy (non-hydrogen) atoms. The zero-order valence-electron chi connectivity index (χ0n) is 10.3. The van der Waals surface area contributed by atoms with Crippen LogP contribution in [0.2, 0.25) is 0 Å². The van der Waals surface area contributed by atoms with Crippen LogP contribution in [-0.4, -0.2) is 32.8 Å². The number of rotatable bonds is 4. The summed E-state index contributed by atoms with van der Waals surface area (Å²) >= 11 is 3.19. The molecule has 1 saturated carbocycles. The molecule has 0 aromatic heterocycles. The summed E-state index contributed by atoms with van der Waals surface area (Å²) in [5.41, 5.74) is 0.316. The summed E-state index contributed by atoms with van der Waals surface area (Å²) in [7, 11) is 3.18. The molecule has 0 atom stereocenters. The van der Waals surface area contributed by atoms with Gasteiger partial charge in [0.2, 0.25) is 0 Å². The first-order valence-electron chi connectivity index (χ1n) is 5.78. The molecule has 0 N–H and O–H groups in total. The van der Waals surface area contributed by atoms with Crippen molar-refractivity contribution in [3.8, 4) is 0 Å². The number of nitrogens with zero attached hydrogens (tertiary/aromatic N) is 1. The topological polar surface area (TPSA) is 54.5 Å². The summed E-state index contributed by atoms with van der Waals surface area (Å²) in [4.78, 5) is 13.7. The largest absolute Gasteiger partial charge is 0.341 e. The fourth-order valence-electron chi connectivity index (χ4n) is 1.82. The molecule has 104 valence electrons. The van der Waals surface area contributed by atoms with E-state index in [4.69, 9.17) is 10.7 Å². The van der Waals surface area contributed by atoms with Crippen LogP contribution in [0.4, 0.5) is 0 Å². The predicted octanol–water partition coefficient (Wildman–Crippen LogP) is 2.86. The Morgan fingerprint density at radius 3 is 2.58 bits per heavy atom. The Morgan fingerprint density at radius 2 is 2.05 bits per heavy atom. The van der Waals surface area contributed by atoms with Crippen molar-refractivity contribution in [2.24, 2.45) is 5.92 Å². The van der Waals surface area contributed by atoms with Crippen molar-refractivity contribution in [2.75, 3.05) is 13.6 Å². The number of benzene rings is 1. The molecule has 1 aliphatic rings. The average molecular weight is 367 g/mol. The second-order valence-electron chi connectivity index (χ2n) is 4.74. The summed E-state index contributed by atoms with van der Waals surface area (Å²) < 4.78 is 23.2. The van der Waals surface area contributed by atoms with Crippen LogP contribution in [0.5, 0.6) is 0 Å². The fourth-order valence-corrected chi connectivity index (χ4v) is 3.27. The lowest BCUT2D eigenvalue weighted by molar-refractivity contribution is 0.0788. The van der Waals surface area contributed by atoms with Crippen molar-refractivity contribution in [2.45, 2.75) is 17.7 Å². The first-order valence-corrected chi connectivity index (χ1v) is 8.88. The summed E-state index contributed by atoms with van der Waals surface area (Å²) in [5, 5.41) is 0. The van der Waals surface area contributed by atoms with Crippen LogP contribution in [0.3, 0.4) is 0 Å². The van der Waals surface area contributed by atoms with Crippen LogP contribution in [0, 0.1) is 5.92 Å². The smallest absolute Gasteiger partial charge is 0.261 e. The van der Waals surface area contributed by atoms with Crippen molar-refractivity contribution in [1.82, 2.24) is 4.90 Å². The van der Waals surface area contributed by atoms with E-state index in [2.05, 4.69) is 15.9 Å². The van der Waals surface area contributed by atoms with Gasteiger partial charge in [0, 0.05) is 34.3 Å². The maximum atomic E-state index is 12.2. The molecule has 1 amide bonds. The van der Waals surface area contributed by atoms with Crippen LogP contribution in [0.25, 0.3) is 0 Å². The first-order chi connectivity index (χ1) is 8.77. The molecule has 1 aliphatic carbocycles. The second-order valence-corrected chi connectivity index (χ2v) is 8.22. The molecule has 7 heteroatoms. The van der Waals surface area contributed by atoms with Gasteiger partial charge in [-0.25, -0.2) is 8.42 Å². The van der Waals surface area contributed by atoms with Gasteiger partial charge >= 0.3 is 0 Å². The van der Waals surface area contributed by atoms with Crippen molar-refractivity contribution >= 4 is 41.6 Å². The summed E-state index contributed by atoms with van der Waals surface area (Å²) in [6, 6.07) is 4.27. The van der Waals surface area contributed by atoms with E-state index in [1.54, 1.807) is 18.0 Å². The van der Waals surface area contributed by atoms with Gasteiger partial charge in [-0.2, -0.15) is 0 Å². The van der Waals surface area contributed by atoms with Gasteiger partial charge in [0.05, 0.1) is 4.90 Å². The van der Waals surface area contributed by atoms with E-state index in [0.717, 1.165) is 12.8 Å². The minimum absolute atomic E-state index is 0.0771. The zero-order valence-corrected chi connectivity index (χ0v) is 13.4. The van der Waals surface area contributed by atoms with Crippen LogP contribution in [-0.2, 0) is 9.05 Å². The van der Waals surface area contributed by atoms with Crippen LogP contribution < -0.4 is 0 Å². The minimum Gasteiger partial charge on any atom is -0.341 e. The molecular formula is C12H13BrClNO3S. The standard InChI is InChI=1S/C12H13BrClNO3S/c1-15(7-8-2-3-8)12(16)9-4-10(13)6-11(5-9)19(14,17)18/h4-6,8H,2-3,7H2,1H3. The molecule has 0 aliphatic heterocycles. The van der Waals surface area contributed by atoms with E-state index < -0.39 is 9.05 Å². The SMILES string of the molecule is CN(CC1CC1)C(=O)c1cc(Br)cc(S(=O)(=O)Cl)c1. The monoisotopic (exact) mass is 365 g/mol. The molecule has 0 heterocycles. The van der Waals surface area contributed by atoms with Crippen molar-refractivity contribution in [3.05, 3.63) is 28.2 Å². The molecule has 0 unspecified atom stereocenters. The minimum atomic E-state index is -3.85. The molecule has 0 bridgehead atoms. The summed E-state index contributed by atoms with van der Waals surface area (Å²) in [6.07, 6.45) is 2.30. The summed E-state index contributed by atoms with van der Waals surface area (Å²) in [6.45, 7) is 0.703. The number of hydrogen-bond donors (Lipinski definition) is 0. The molecule has 1 aromatic carbocycles.